The maximum Gasteiger partial charge on any atom is 0.318 e. The Bertz CT molecular complexity index is 1060. The molecule has 0 spiro atoms. The van der Waals surface area contributed by atoms with Crippen molar-refractivity contribution in [2.24, 2.45) is 0 Å². The molecule has 8 nitrogen and oxygen atoms in total. The molecule has 2 aromatic carbocycles. The van der Waals surface area contributed by atoms with Crippen molar-refractivity contribution >= 4 is 35.1 Å². The van der Waals surface area contributed by atoms with Crippen molar-refractivity contribution in [3.8, 4) is 17.2 Å². The fourth-order valence-electron chi connectivity index (χ4n) is 2.99. The standard InChI is InChI=1S/C20H18Cl2FN5O3/c21-14-3-1-13(2-4-14)19-24-25-20(31-19)27-7-9-28(10-8-27)26-18(29)12-30-15-5-6-16(22)17(23)11-15/h1-6,11H,7-10,12H2,(H,26,29). The third kappa shape index (κ3) is 5.43. The van der Waals surface area contributed by atoms with Crippen molar-refractivity contribution in [3.05, 3.63) is 58.3 Å². The van der Waals surface area contributed by atoms with E-state index in [4.69, 9.17) is 32.4 Å². The first kappa shape index (κ1) is 21.4. The highest BCUT2D eigenvalue weighted by Crippen LogP contribution is 2.24. The van der Waals surface area contributed by atoms with Gasteiger partial charge < -0.3 is 14.1 Å². The minimum atomic E-state index is -0.601. The van der Waals surface area contributed by atoms with E-state index in [1.807, 2.05) is 17.0 Å². The van der Waals surface area contributed by atoms with Crippen LogP contribution in [0.25, 0.3) is 11.5 Å². The Morgan fingerprint density at radius 3 is 2.55 bits per heavy atom. The van der Waals surface area contributed by atoms with Gasteiger partial charge in [-0.25, -0.2) is 9.40 Å². The molecule has 1 saturated heterocycles. The molecule has 31 heavy (non-hydrogen) atoms. The molecular formula is C20H18Cl2FN5O3. The maximum absolute atomic E-state index is 13.4. The molecule has 0 saturated carbocycles. The number of hydrogen-bond donors (Lipinski definition) is 1. The first-order valence-electron chi connectivity index (χ1n) is 9.44. The van der Waals surface area contributed by atoms with Gasteiger partial charge in [-0.05, 0) is 36.4 Å². The average Bonchev–Trinajstić information content (AvgIpc) is 3.26. The number of benzene rings is 2. The maximum atomic E-state index is 13.4. The number of aromatic nitrogens is 2. The lowest BCUT2D eigenvalue weighted by Crippen LogP contribution is -2.54. The molecule has 2 heterocycles. The summed E-state index contributed by atoms with van der Waals surface area (Å²) in [4.78, 5) is 14.1. The number of amides is 1. The molecule has 0 unspecified atom stereocenters. The van der Waals surface area contributed by atoms with E-state index in [2.05, 4.69) is 15.6 Å². The van der Waals surface area contributed by atoms with Crippen LogP contribution in [0.1, 0.15) is 0 Å². The van der Waals surface area contributed by atoms with Gasteiger partial charge in [-0.3, -0.25) is 10.2 Å². The van der Waals surface area contributed by atoms with Crippen LogP contribution >= 0.6 is 23.2 Å². The Morgan fingerprint density at radius 2 is 1.84 bits per heavy atom. The predicted molar refractivity (Wildman–Crippen MR) is 114 cm³/mol. The number of hydrogen-bond acceptors (Lipinski definition) is 7. The van der Waals surface area contributed by atoms with Gasteiger partial charge in [-0.1, -0.05) is 28.3 Å². The summed E-state index contributed by atoms with van der Waals surface area (Å²) in [6.07, 6.45) is 0. The van der Waals surface area contributed by atoms with Gasteiger partial charge in [0.05, 0.1) is 5.02 Å². The molecule has 4 rings (SSSR count). The highest BCUT2D eigenvalue weighted by atomic mass is 35.5. The van der Waals surface area contributed by atoms with Gasteiger partial charge in [-0.15, -0.1) is 5.10 Å². The highest BCUT2D eigenvalue weighted by Gasteiger charge is 2.23. The van der Waals surface area contributed by atoms with Crippen molar-refractivity contribution in [2.45, 2.75) is 0 Å². The monoisotopic (exact) mass is 465 g/mol. The first-order chi connectivity index (χ1) is 15.0. The Hall–Kier alpha value is -2.88. The largest absolute Gasteiger partial charge is 0.484 e. The fraction of sp³-hybridized carbons (Fsp3) is 0.250. The number of anilines is 1. The molecule has 0 bridgehead atoms. The van der Waals surface area contributed by atoms with Crippen molar-refractivity contribution in [1.82, 2.24) is 20.6 Å². The zero-order valence-electron chi connectivity index (χ0n) is 16.2. The number of carbonyl (C=O) groups is 1. The number of ether oxygens (including phenoxy) is 1. The number of halogens is 3. The summed E-state index contributed by atoms with van der Waals surface area (Å²) in [6, 6.07) is 11.6. The smallest absolute Gasteiger partial charge is 0.318 e. The van der Waals surface area contributed by atoms with Gasteiger partial charge in [0.15, 0.2) is 6.61 Å². The van der Waals surface area contributed by atoms with Crippen LogP contribution in [0.2, 0.25) is 10.0 Å². The van der Waals surface area contributed by atoms with Crippen LogP contribution in [0.15, 0.2) is 46.9 Å². The lowest BCUT2D eigenvalue weighted by atomic mass is 10.2. The molecule has 1 fully saturated rings. The van der Waals surface area contributed by atoms with Gasteiger partial charge in [-0.2, -0.15) is 0 Å². The Kier molecular flexibility index (Phi) is 6.55. The van der Waals surface area contributed by atoms with Crippen LogP contribution in [-0.4, -0.2) is 53.9 Å². The van der Waals surface area contributed by atoms with E-state index in [9.17, 15) is 9.18 Å². The molecule has 1 amide bonds. The molecule has 0 aliphatic carbocycles. The summed E-state index contributed by atoms with van der Waals surface area (Å²) < 4.78 is 24.5. The van der Waals surface area contributed by atoms with Gasteiger partial charge in [0.25, 0.3) is 5.91 Å². The summed E-state index contributed by atoms with van der Waals surface area (Å²) in [5.74, 6) is -0.296. The minimum Gasteiger partial charge on any atom is -0.484 e. The third-order valence-corrected chi connectivity index (χ3v) is 5.16. The summed E-state index contributed by atoms with van der Waals surface area (Å²) in [5, 5.41) is 10.6. The Balaban J connectivity index is 1.24. The summed E-state index contributed by atoms with van der Waals surface area (Å²) in [7, 11) is 0. The van der Waals surface area contributed by atoms with E-state index in [-0.39, 0.29) is 23.3 Å². The zero-order chi connectivity index (χ0) is 21.8. The number of rotatable bonds is 6. The summed E-state index contributed by atoms with van der Waals surface area (Å²) in [5.41, 5.74) is 3.55. The summed E-state index contributed by atoms with van der Waals surface area (Å²) in [6.45, 7) is 2.05. The number of nitrogens with zero attached hydrogens (tertiary/aromatic N) is 4. The molecule has 3 aromatic rings. The molecular weight excluding hydrogens is 448 g/mol. The highest BCUT2D eigenvalue weighted by molar-refractivity contribution is 6.31. The van der Waals surface area contributed by atoms with Crippen molar-refractivity contribution < 1.29 is 18.3 Å². The van der Waals surface area contributed by atoms with Crippen molar-refractivity contribution in [3.63, 3.8) is 0 Å². The minimum absolute atomic E-state index is 0.00351. The van der Waals surface area contributed by atoms with Crippen LogP contribution in [0.3, 0.4) is 0 Å². The van der Waals surface area contributed by atoms with Gasteiger partial charge >= 0.3 is 6.01 Å². The quantitative estimate of drug-likeness (QED) is 0.596. The number of nitrogens with one attached hydrogen (secondary N) is 1. The SMILES string of the molecule is O=C(COc1ccc(Cl)c(F)c1)NN1CCN(c2nnc(-c3ccc(Cl)cc3)o2)CC1. The predicted octanol–water partition coefficient (Wildman–Crippen LogP) is 3.41. The first-order valence-corrected chi connectivity index (χ1v) is 10.2. The molecule has 0 atom stereocenters. The van der Waals surface area contributed by atoms with Crippen LogP contribution in [0.5, 0.6) is 5.75 Å². The fourth-order valence-corrected chi connectivity index (χ4v) is 3.23. The number of piperazine rings is 1. The molecule has 0 radical (unpaired) electrons. The van der Waals surface area contributed by atoms with Crippen LogP contribution < -0.4 is 15.1 Å². The topological polar surface area (TPSA) is 83.7 Å². The lowest BCUT2D eigenvalue weighted by Gasteiger charge is -2.33. The second-order valence-electron chi connectivity index (χ2n) is 6.77. The van der Waals surface area contributed by atoms with Crippen molar-refractivity contribution in [1.29, 1.82) is 0 Å². The molecule has 1 aliphatic rings. The Labute approximate surface area is 187 Å². The molecule has 1 N–H and O–H groups in total. The second kappa shape index (κ2) is 9.51. The Morgan fingerprint density at radius 1 is 1.10 bits per heavy atom. The number of hydrazine groups is 1. The normalized spacial score (nSPS) is 14.5. The second-order valence-corrected chi connectivity index (χ2v) is 7.61. The summed E-state index contributed by atoms with van der Waals surface area (Å²) >= 11 is 11.5. The molecule has 162 valence electrons. The van der Waals surface area contributed by atoms with Gasteiger partial charge in [0.1, 0.15) is 11.6 Å². The molecule has 11 heteroatoms. The van der Waals surface area contributed by atoms with Crippen LogP contribution in [0.4, 0.5) is 10.4 Å². The zero-order valence-corrected chi connectivity index (χ0v) is 17.7. The van der Waals surface area contributed by atoms with E-state index >= 15 is 0 Å². The van der Waals surface area contributed by atoms with E-state index in [0.717, 1.165) is 11.6 Å². The lowest BCUT2D eigenvalue weighted by molar-refractivity contribution is -0.128. The number of carbonyl (C=O) groups excluding carboxylic acids is 1. The van der Waals surface area contributed by atoms with Crippen LogP contribution in [-0.2, 0) is 4.79 Å². The third-order valence-electron chi connectivity index (χ3n) is 4.60. The van der Waals surface area contributed by atoms with E-state index in [1.54, 1.807) is 17.1 Å². The van der Waals surface area contributed by atoms with E-state index in [1.165, 1.54) is 12.1 Å². The van der Waals surface area contributed by atoms with E-state index in [0.29, 0.717) is 43.1 Å². The van der Waals surface area contributed by atoms with Gasteiger partial charge in [0.2, 0.25) is 5.89 Å². The van der Waals surface area contributed by atoms with Crippen molar-refractivity contribution in [2.75, 3.05) is 37.7 Å². The van der Waals surface area contributed by atoms with E-state index < -0.39 is 5.82 Å². The average molecular weight is 466 g/mol. The van der Waals surface area contributed by atoms with Crippen LogP contribution in [0, 0.1) is 5.82 Å². The molecule has 1 aliphatic heterocycles. The molecule has 1 aromatic heterocycles. The van der Waals surface area contributed by atoms with Gasteiger partial charge in [0, 0.05) is 42.8 Å².